The zero-order chi connectivity index (χ0) is 13.5. The van der Waals surface area contributed by atoms with Crippen LogP contribution in [0.25, 0.3) is 0 Å². The summed E-state index contributed by atoms with van der Waals surface area (Å²) in [6.07, 6.45) is 2.89. The zero-order valence-electron chi connectivity index (χ0n) is 11.9. The van der Waals surface area contributed by atoms with Crippen molar-refractivity contribution in [3.05, 3.63) is 33.2 Å². The van der Waals surface area contributed by atoms with Crippen LogP contribution in [0.5, 0.6) is 0 Å². The van der Waals surface area contributed by atoms with Gasteiger partial charge in [-0.25, -0.2) is 0 Å². The van der Waals surface area contributed by atoms with Crippen LogP contribution in [-0.4, -0.2) is 36.7 Å². The summed E-state index contributed by atoms with van der Waals surface area (Å²) in [6, 6.07) is 0. The van der Waals surface area contributed by atoms with Gasteiger partial charge in [0.05, 0.1) is 6.61 Å². The SMILES string of the molecule is CCCN(CCOC)Cc1[nH]cc(C)c(=O)c1C. The molecule has 102 valence electrons. The quantitative estimate of drug-likeness (QED) is 0.805. The van der Waals surface area contributed by atoms with Crippen molar-refractivity contribution in [2.75, 3.05) is 26.8 Å². The lowest BCUT2D eigenvalue weighted by molar-refractivity contribution is 0.143. The second-order valence-electron chi connectivity index (χ2n) is 4.67. The second kappa shape index (κ2) is 7.34. The molecule has 1 aromatic rings. The van der Waals surface area contributed by atoms with E-state index in [4.69, 9.17) is 4.74 Å². The third kappa shape index (κ3) is 3.96. The number of methoxy groups -OCH3 is 1. The topological polar surface area (TPSA) is 45.3 Å². The van der Waals surface area contributed by atoms with Crippen LogP contribution in [0.3, 0.4) is 0 Å². The Hall–Kier alpha value is -1.13. The average molecular weight is 252 g/mol. The molecule has 1 aromatic heterocycles. The Morgan fingerprint density at radius 2 is 2.06 bits per heavy atom. The van der Waals surface area contributed by atoms with Crippen molar-refractivity contribution in [2.24, 2.45) is 0 Å². The lowest BCUT2D eigenvalue weighted by atomic mass is 10.1. The van der Waals surface area contributed by atoms with Crippen molar-refractivity contribution in [1.82, 2.24) is 9.88 Å². The van der Waals surface area contributed by atoms with Gasteiger partial charge in [0.25, 0.3) is 0 Å². The van der Waals surface area contributed by atoms with Gasteiger partial charge in [-0.2, -0.15) is 0 Å². The Bertz CT molecular complexity index is 426. The monoisotopic (exact) mass is 252 g/mol. The van der Waals surface area contributed by atoms with Gasteiger partial charge in [-0.05, 0) is 26.8 Å². The summed E-state index contributed by atoms with van der Waals surface area (Å²) in [5.74, 6) is 0. The minimum atomic E-state index is 0.145. The molecule has 0 aliphatic carbocycles. The maximum Gasteiger partial charge on any atom is 0.187 e. The molecule has 1 N–H and O–H groups in total. The van der Waals surface area contributed by atoms with Gasteiger partial charge in [-0.1, -0.05) is 6.92 Å². The number of aromatic nitrogens is 1. The number of aryl methyl sites for hydroxylation is 1. The third-order valence-electron chi connectivity index (χ3n) is 3.15. The number of aromatic amines is 1. The molecule has 4 heteroatoms. The molecule has 0 bridgehead atoms. The number of hydrogen-bond acceptors (Lipinski definition) is 3. The Balaban J connectivity index is 2.80. The van der Waals surface area contributed by atoms with Crippen LogP contribution in [0.15, 0.2) is 11.0 Å². The highest BCUT2D eigenvalue weighted by Gasteiger charge is 2.10. The van der Waals surface area contributed by atoms with Crippen molar-refractivity contribution >= 4 is 0 Å². The highest BCUT2D eigenvalue weighted by Crippen LogP contribution is 2.06. The van der Waals surface area contributed by atoms with Crippen LogP contribution in [0, 0.1) is 13.8 Å². The zero-order valence-corrected chi connectivity index (χ0v) is 11.9. The molecule has 18 heavy (non-hydrogen) atoms. The minimum Gasteiger partial charge on any atom is -0.383 e. The van der Waals surface area contributed by atoms with Gasteiger partial charge in [0, 0.05) is 43.2 Å². The maximum atomic E-state index is 11.9. The highest BCUT2D eigenvalue weighted by atomic mass is 16.5. The van der Waals surface area contributed by atoms with Crippen molar-refractivity contribution in [1.29, 1.82) is 0 Å². The number of ether oxygens (including phenoxy) is 1. The van der Waals surface area contributed by atoms with E-state index in [9.17, 15) is 4.79 Å². The van der Waals surface area contributed by atoms with E-state index in [0.717, 1.165) is 49.5 Å². The molecule has 1 rings (SSSR count). The van der Waals surface area contributed by atoms with Crippen LogP contribution >= 0.6 is 0 Å². The summed E-state index contributed by atoms with van der Waals surface area (Å²) in [7, 11) is 1.71. The Morgan fingerprint density at radius 3 is 2.67 bits per heavy atom. The fraction of sp³-hybridized carbons (Fsp3) is 0.643. The molecule has 0 atom stereocenters. The summed E-state index contributed by atoms with van der Waals surface area (Å²) in [5.41, 5.74) is 2.76. The number of hydrogen-bond donors (Lipinski definition) is 1. The summed E-state index contributed by atoms with van der Waals surface area (Å²) >= 11 is 0. The lowest BCUT2D eigenvalue weighted by Gasteiger charge is -2.22. The average Bonchev–Trinajstić information content (AvgIpc) is 2.36. The molecule has 0 amide bonds. The first-order chi connectivity index (χ1) is 8.60. The molecule has 0 aromatic carbocycles. The molecule has 0 unspecified atom stereocenters. The molecule has 4 nitrogen and oxygen atoms in total. The fourth-order valence-electron chi connectivity index (χ4n) is 2.00. The summed E-state index contributed by atoms with van der Waals surface area (Å²) in [5, 5.41) is 0. The van der Waals surface area contributed by atoms with E-state index >= 15 is 0 Å². The van der Waals surface area contributed by atoms with Gasteiger partial charge in [0.1, 0.15) is 0 Å². The fourth-order valence-corrected chi connectivity index (χ4v) is 2.00. The predicted molar refractivity (Wildman–Crippen MR) is 74.0 cm³/mol. The van der Waals surface area contributed by atoms with Gasteiger partial charge in [-0.3, -0.25) is 9.69 Å². The van der Waals surface area contributed by atoms with Crippen LogP contribution < -0.4 is 5.43 Å². The Kier molecular flexibility index (Phi) is 6.09. The number of nitrogens with one attached hydrogen (secondary N) is 1. The number of H-pyrrole nitrogens is 1. The molecule has 0 saturated carbocycles. The molecular formula is C14H24N2O2. The van der Waals surface area contributed by atoms with Crippen LogP contribution in [0.4, 0.5) is 0 Å². The molecule has 0 aliphatic rings. The van der Waals surface area contributed by atoms with Gasteiger partial charge in [-0.15, -0.1) is 0 Å². The molecule has 0 radical (unpaired) electrons. The van der Waals surface area contributed by atoms with Gasteiger partial charge >= 0.3 is 0 Å². The molecular weight excluding hydrogens is 228 g/mol. The van der Waals surface area contributed by atoms with E-state index in [0.29, 0.717) is 0 Å². The van der Waals surface area contributed by atoms with Crippen molar-refractivity contribution in [3.63, 3.8) is 0 Å². The normalized spacial score (nSPS) is 11.2. The van der Waals surface area contributed by atoms with E-state index in [1.54, 1.807) is 13.3 Å². The standard InChI is InChI=1S/C14H24N2O2/c1-5-6-16(7-8-18-4)10-13-12(3)14(17)11(2)9-15-13/h9H,5-8,10H2,1-4H3,(H,15,17). The molecule has 0 spiro atoms. The Morgan fingerprint density at radius 1 is 1.33 bits per heavy atom. The predicted octanol–water partition coefficient (Wildman–Crippen LogP) is 1.85. The first-order valence-electron chi connectivity index (χ1n) is 6.49. The van der Waals surface area contributed by atoms with Gasteiger partial charge in [0.15, 0.2) is 5.43 Å². The molecule has 0 saturated heterocycles. The molecule has 0 aliphatic heterocycles. The molecule has 0 fully saturated rings. The molecule has 1 heterocycles. The largest absolute Gasteiger partial charge is 0.383 e. The summed E-state index contributed by atoms with van der Waals surface area (Å²) < 4.78 is 5.12. The maximum absolute atomic E-state index is 11.9. The van der Waals surface area contributed by atoms with Crippen molar-refractivity contribution in [2.45, 2.75) is 33.7 Å². The van der Waals surface area contributed by atoms with E-state index in [1.165, 1.54) is 0 Å². The Labute approximate surface area is 109 Å². The van der Waals surface area contributed by atoms with Crippen LogP contribution in [0.2, 0.25) is 0 Å². The highest BCUT2D eigenvalue weighted by molar-refractivity contribution is 5.23. The van der Waals surface area contributed by atoms with Crippen molar-refractivity contribution < 1.29 is 4.74 Å². The minimum absolute atomic E-state index is 0.145. The van der Waals surface area contributed by atoms with E-state index < -0.39 is 0 Å². The van der Waals surface area contributed by atoms with Gasteiger partial charge < -0.3 is 9.72 Å². The van der Waals surface area contributed by atoms with Gasteiger partial charge in [0.2, 0.25) is 0 Å². The number of nitrogens with zero attached hydrogens (tertiary/aromatic N) is 1. The van der Waals surface area contributed by atoms with E-state index in [-0.39, 0.29) is 5.43 Å². The summed E-state index contributed by atoms with van der Waals surface area (Å²) in [4.78, 5) is 17.4. The van der Waals surface area contributed by atoms with E-state index in [2.05, 4.69) is 16.8 Å². The van der Waals surface area contributed by atoms with Crippen LogP contribution in [-0.2, 0) is 11.3 Å². The first kappa shape index (κ1) is 14.9. The summed E-state index contributed by atoms with van der Waals surface area (Å²) in [6.45, 7) is 9.28. The smallest absolute Gasteiger partial charge is 0.187 e. The van der Waals surface area contributed by atoms with E-state index in [1.807, 2.05) is 13.8 Å². The van der Waals surface area contributed by atoms with Crippen molar-refractivity contribution in [3.8, 4) is 0 Å². The number of pyridine rings is 1. The lowest BCUT2D eigenvalue weighted by Crippen LogP contribution is -2.29. The van der Waals surface area contributed by atoms with Crippen LogP contribution in [0.1, 0.15) is 30.2 Å². The number of rotatable bonds is 7. The first-order valence-corrected chi connectivity index (χ1v) is 6.49. The second-order valence-corrected chi connectivity index (χ2v) is 4.67. The third-order valence-corrected chi connectivity index (χ3v) is 3.15.